The Labute approximate surface area is 316 Å². The Hall–Kier alpha value is -3.56. The molecule has 0 aliphatic heterocycles. The van der Waals surface area contributed by atoms with Gasteiger partial charge in [-0.15, -0.1) is 0 Å². The van der Waals surface area contributed by atoms with Gasteiger partial charge in [0.15, 0.2) is 12.4 Å². The van der Waals surface area contributed by atoms with Crippen molar-refractivity contribution in [1.29, 1.82) is 0 Å². The fourth-order valence-corrected chi connectivity index (χ4v) is 7.95. The third-order valence-electron chi connectivity index (χ3n) is 9.05. The monoisotopic (exact) mass is 724 g/mol. The number of nitrogens with zero attached hydrogens (tertiary/aromatic N) is 5. The van der Waals surface area contributed by atoms with E-state index in [9.17, 15) is 0 Å². The first kappa shape index (κ1) is 40.2. The van der Waals surface area contributed by atoms with Crippen molar-refractivity contribution in [3.63, 3.8) is 0 Å². The molecule has 0 fully saturated rings. The first-order valence-electron chi connectivity index (χ1n) is 18.5. The van der Waals surface area contributed by atoms with Crippen LogP contribution in [0, 0.1) is 0 Å². The normalized spacial score (nSPS) is 11.7. The van der Waals surface area contributed by atoms with E-state index in [1.54, 1.807) is 0 Å². The van der Waals surface area contributed by atoms with Gasteiger partial charge in [-0.05, 0) is 114 Å². The molecule has 6 nitrogen and oxygen atoms in total. The fourth-order valence-electron chi connectivity index (χ4n) is 5.79. The summed E-state index contributed by atoms with van der Waals surface area (Å²) in [6.07, 6.45) is 15.3. The summed E-state index contributed by atoms with van der Waals surface area (Å²) in [5, 5.41) is 3.58. The SMILES string of the molecule is CC[n+]1ccccc1/C=C/c1ccc(NCCCN(C)CCSSCCN(C)CCCN(C)c2ccc(/C=C/c3cccc[n+]3CC)cc2)cc1. The maximum absolute atomic E-state index is 3.58. The highest BCUT2D eigenvalue weighted by Crippen LogP contribution is 2.21. The van der Waals surface area contributed by atoms with E-state index in [0.717, 1.165) is 65.2 Å². The molecule has 0 amide bonds. The number of nitrogens with one attached hydrogen (secondary N) is 1. The lowest BCUT2D eigenvalue weighted by Crippen LogP contribution is -2.34. The standard InChI is InChI=1S/C43H59N6S2/c1-6-48-32-10-8-14-42(48)26-20-38-16-22-40(23-17-38)44-28-12-29-45(3)34-36-50-51-37-35-46(4)30-13-31-47(5)41-24-18-39(19-25-41)21-27-43-15-9-11-33-49(43)7-2/h8-11,14-27,32-33H,6-7,12-13,28-31,34-37H2,1-5H3/q+1/p+1. The predicted octanol–water partition coefficient (Wildman–Crippen LogP) is 8.22. The van der Waals surface area contributed by atoms with Crippen molar-refractivity contribution in [3.8, 4) is 0 Å². The highest BCUT2D eigenvalue weighted by molar-refractivity contribution is 8.76. The van der Waals surface area contributed by atoms with E-state index in [2.05, 4.69) is 186 Å². The maximum Gasteiger partial charge on any atom is 0.205 e. The summed E-state index contributed by atoms with van der Waals surface area (Å²) in [6, 6.07) is 30.3. The van der Waals surface area contributed by atoms with Crippen LogP contribution in [0.2, 0.25) is 0 Å². The van der Waals surface area contributed by atoms with Gasteiger partial charge in [-0.1, -0.05) is 45.9 Å². The van der Waals surface area contributed by atoms with Crippen LogP contribution < -0.4 is 19.4 Å². The zero-order valence-electron chi connectivity index (χ0n) is 31.6. The Bertz CT molecular complexity index is 1610. The number of rotatable bonds is 23. The molecule has 0 saturated carbocycles. The lowest BCUT2D eigenvalue weighted by Gasteiger charge is -2.22. The Morgan fingerprint density at radius 1 is 0.569 bits per heavy atom. The molecule has 2 aromatic heterocycles. The summed E-state index contributed by atoms with van der Waals surface area (Å²) < 4.78 is 4.50. The minimum atomic E-state index is 0.972. The minimum absolute atomic E-state index is 0.972. The average molecular weight is 725 g/mol. The van der Waals surface area contributed by atoms with Gasteiger partial charge in [0, 0.05) is 92.5 Å². The van der Waals surface area contributed by atoms with Crippen LogP contribution in [-0.4, -0.2) is 81.7 Å². The maximum atomic E-state index is 3.58. The van der Waals surface area contributed by atoms with Crippen LogP contribution in [0.3, 0.4) is 0 Å². The fraction of sp³-hybridized carbons (Fsp3) is 0.395. The molecule has 2 heterocycles. The zero-order chi connectivity index (χ0) is 36.1. The molecular weight excluding hydrogens is 665 g/mol. The summed E-state index contributed by atoms with van der Waals surface area (Å²) in [6.45, 7) is 12.8. The highest BCUT2D eigenvalue weighted by Gasteiger charge is 2.06. The average Bonchev–Trinajstić information content (AvgIpc) is 3.17. The molecule has 272 valence electrons. The molecule has 4 aromatic rings. The number of pyridine rings is 2. The summed E-state index contributed by atoms with van der Waals surface area (Å²) in [7, 11) is 10.7. The molecule has 0 radical (unpaired) electrons. The minimum Gasteiger partial charge on any atom is -0.385 e. The molecular formula is C43H60N6S2+2. The van der Waals surface area contributed by atoms with Gasteiger partial charge in [-0.2, -0.15) is 9.13 Å². The molecule has 2 aromatic carbocycles. The van der Waals surface area contributed by atoms with E-state index in [0.29, 0.717) is 0 Å². The van der Waals surface area contributed by atoms with Crippen LogP contribution >= 0.6 is 21.6 Å². The molecule has 0 saturated heterocycles. The van der Waals surface area contributed by atoms with Gasteiger partial charge in [-0.25, -0.2) is 0 Å². The van der Waals surface area contributed by atoms with Crippen LogP contribution in [-0.2, 0) is 13.1 Å². The largest absolute Gasteiger partial charge is 0.385 e. The molecule has 4 rings (SSSR count). The third-order valence-corrected chi connectivity index (χ3v) is 11.4. The second-order valence-corrected chi connectivity index (χ2v) is 15.7. The van der Waals surface area contributed by atoms with Crippen LogP contribution in [0.15, 0.2) is 97.3 Å². The highest BCUT2D eigenvalue weighted by atomic mass is 33.1. The van der Waals surface area contributed by atoms with E-state index < -0.39 is 0 Å². The van der Waals surface area contributed by atoms with Gasteiger partial charge < -0.3 is 20.0 Å². The Morgan fingerprint density at radius 3 is 1.61 bits per heavy atom. The summed E-state index contributed by atoms with van der Waals surface area (Å²) in [5.74, 6) is 2.33. The first-order chi connectivity index (χ1) is 24.9. The zero-order valence-corrected chi connectivity index (χ0v) is 33.2. The van der Waals surface area contributed by atoms with Crippen LogP contribution in [0.1, 0.15) is 49.2 Å². The summed E-state index contributed by atoms with van der Waals surface area (Å²) in [4.78, 5) is 7.29. The van der Waals surface area contributed by atoms with E-state index >= 15 is 0 Å². The van der Waals surface area contributed by atoms with Gasteiger partial charge in [0.1, 0.15) is 13.1 Å². The summed E-state index contributed by atoms with van der Waals surface area (Å²) in [5.41, 5.74) is 7.34. The number of hydrogen-bond donors (Lipinski definition) is 1. The van der Waals surface area contributed by atoms with Crippen molar-refractivity contribution in [2.45, 2.75) is 39.8 Å². The molecule has 1 N–H and O–H groups in total. The Balaban J connectivity index is 0.991. The molecule has 0 unspecified atom stereocenters. The predicted molar refractivity (Wildman–Crippen MR) is 226 cm³/mol. The van der Waals surface area contributed by atoms with Gasteiger partial charge >= 0.3 is 0 Å². The van der Waals surface area contributed by atoms with Crippen LogP contribution in [0.4, 0.5) is 11.4 Å². The molecule has 0 atom stereocenters. The Kier molecular flexibility index (Phi) is 18.2. The van der Waals surface area contributed by atoms with E-state index in [4.69, 9.17) is 0 Å². The smallest absolute Gasteiger partial charge is 0.205 e. The molecule has 0 aliphatic rings. The van der Waals surface area contributed by atoms with Gasteiger partial charge in [0.2, 0.25) is 11.4 Å². The van der Waals surface area contributed by atoms with Gasteiger partial charge in [-0.3, -0.25) is 0 Å². The van der Waals surface area contributed by atoms with Crippen molar-refractivity contribution < 1.29 is 9.13 Å². The summed E-state index contributed by atoms with van der Waals surface area (Å²) >= 11 is 0. The quantitative estimate of drug-likeness (QED) is 0.0472. The van der Waals surface area contributed by atoms with Gasteiger partial charge in [0.25, 0.3) is 0 Å². The van der Waals surface area contributed by atoms with Crippen molar-refractivity contribution >= 4 is 57.3 Å². The van der Waals surface area contributed by atoms with E-state index in [1.165, 1.54) is 45.4 Å². The lowest BCUT2D eigenvalue weighted by atomic mass is 10.1. The van der Waals surface area contributed by atoms with Crippen molar-refractivity contribution in [3.05, 3.63) is 120 Å². The number of aryl methyl sites for hydroxylation is 2. The van der Waals surface area contributed by atoms with Crippen molar-refractivity contribution in [2.24, 2.45) is 0 Å². The van der Waals surface area contributed by atoms with Crippen molar-refractivity contribution in [1.82, 2.24) is 9.80 Å². The molecule has 51 heavy (non-hydrogen) atoms. The second-order valence-electron chi connectivity index (χ2n) is 13.0. The first-order valence-corrected chi connectivity index (χ1v) is 21.0. The molecule has 8 heteroatoms. The molecule has 0 spiro atoms. The van der Waals surface area contributed by atoms with E-state index in [1.807, 2.05) is 21.6 Å². The van der Waals surface area contributed by atoms with Crippen LogP contribution in [0.25, 0.3) is 24.3 Å². The van der Waals surface area contributed by atoms with Crippen molar-refractivity contribution in [2.75, 3.05) is 82.1 Å². The van der Waals surface area contributed by atoms with Gasteiger partial charge in [0.05, 0.1) is 0 Å². The molecule has 0 aliphatic carbocycles. The topological polar surface area (TPSA) is 29.5 Å². The number of hydrogen-bond acceptors (Lipinski definition) is 6. The van der Waals surface area contributed by atoms with E-state index in [-0.39, 0.29) is 0 Å². The number of benzene rings is 2. The Morgan fingerprint density at radius 2 is 1.08 bits per heavy atom. The number of anilines is 2. The second kappa shape index (κ2) is 23.1. The number of aromatic nitrogens is 2. The lowest BCUT2D eigenvalue weighted by molar-refractivity contribution is -0.695. The van der Waals surface area contributed by atoms with Crippen LogP contribution in [0.5, 0.6) is 0 Å². The molecule has 0 bridgehead atoms. The third kappa shape index (κ3) is 14.9.